The number of rotatable bonds is 3. The van der Waals surface area contributed by atoms with Gasteiger partial charge in [-0.05, 0) is 17.7 Å². The van der Waals surface area contributed by atoms with Crippen LogP contribution in [0.25, 0.3) is 0 Å². The third-order valence-electron chi connectivity index (χ3n) is 2.45. The first-order chi connectivity index (χ1) is 9.56. The van der Waals surface area contributed by atoms with E-state index in [0.717, 1.165) is 10.0 Å². The summed E-state index contributed by atoms with van der Waals surface area (Å²) in [7, 11) is 0. The number of hydrogen-bond acceptors (Lipinski definition) is 2. The number of amides is 1. The molecular weight excluding hydrogens is 365 g/mol. The molecule has 0 atom stereocenters. The maximum atomic E-state index is 11.7. The summed E-state index contributed by atoms with van der Waals surface area (Å²) in [5, 5.41) is 3.20. The van der Waals surface area contributed by atoms with Crippen molar-refractivity contribution in [2.45, 2.75) is 6.61 Å². The summed E-state index contributed by atoms with van der Waals surface area (Å²) >= 11 is 15.3. The van der Waals surface area contributed by atoms with E-state index in [1.54, 1.807) is 12.1 Å². The van der Waals surface area contributed by atoms with Gasteiger partial charge < -0.3 is 4.74 Å². The number of carbonyl (C=O) groups is 1. The fourth-order valence-corrected chi connectivity index (χ4v) is 2.83. The Morgan fingerprint density at radius 1 is 1.15 bits per heavy atom. The summed E-state index contributed by atoms with van der Waals surface area (Å²) in [4.78, 5) is 11.7. The predicted octanol–water partition coefficient (Wildman–Crippen LogP) is 5.50. The SMILES string of the molecule is O=C(Nc1c(Cl)cc(Br)cc1Cl)OCc1ccccc1. The van der Waals surface area contributed by atoms with Crippen molar-refractivity contribution in [3.63, 3.8) is 0 Å². The fourth-order valence-electron chi connectivity index (χ4n) is 1.52. The number of benzene rings is 2. The average molecular weight is 375 g/mol. The second-order valence-corrected chi connectivity index (χ2v) is 5.66. The molecule has 1 amide bonds. The van der Waals surface area contributed by atoms with Gasteiger partial charge in [-0.25, -0.2) is 4.79 Å². The van der Waals surface area contributed by atoms with Gasteiger partial charge in [0.15, 0.2) is 0 Å². The van der Waals surface area contributed by atoms with E-state index in [1.807, 2.05) is 30.3 Å². The largest absolute Gasteiger partial charge is 0.444 e. The summed E-state index contributed by atoms with van der Waals surface area (Å²) < 4.78 is 5.83. The third kappa shape index (κ3) is 4.13. The van der Waals surface area contributed by atoms with Gasteiger partial charge in [0.05, 0.1) is 15.7 Å². The quantitative estimate of drug-likeness (QED) is 0.769. The van der Waals surface area contributed by atoms with Crippen LogP contribution >= 0.6 is 39.1 Å². The zero-order chi connectivity index (χ0) is 14.5. The molecule has 0 aromatic heterocycles. The lowest BCUT2D eigenvalue weighted by Gasteiger charge is -2.10. The van der Waals surface area contributed by atoms with Gasteiger partial charge in [0.25, 0.3) is 0 Å². The van der Waals surface area contributed by atoms with E-state index in [2.05, 4.69) is 21.2 Å². The molecule has 2 aromatic carbocycles. The van der Waals surface area contributed by atoms with E-state index >= 15 is 0 Å². The average Bonchev–Trinajstić information content (AvgIpc) is 2.42. The minimum absolute atomic E-state index is 0.179. The number of ether oxygens (including phenoxy) is 1. The second-order valence-electron chi connectivity index (χ2n) is 3.93. The molecule has 0 fully saturated rings. The Bertz CT molecular complexity index is 597. The van der Waals surface area contributed by atoms with Crippen molar-refractivity contribution in [3.8, 4) is 0 Å². The maximum absolute atomic E-state index is 11.7. The van der Waals surface area contributed by atoms with Crippen LogP contribution in [0.4, 0.5) is 10.5 Å². The first-order valence-corrected chi connectivity index (χ1v) is 7.23. The second kappa shape index (κ2) is 6.97. The van der Waals surface area contributed by atoms with Crippen LogP contribution in [0.2, 0.25) is 10.0 Å². The molecule has 0 aliphatic rings. The van der Waals surface area contributed by atoms with Crippen LogP contribution in [0.3, 0.4) is 0 Å². The fraction of sp³-hybridized carbons (Fsp3) is 0.0714. The van der Waals surface area contributed by atoms with Crippen LogP contribution in [-0.4, -0.2) is 6.09 Å². The van der Waals surface area contributed by atoms with E-state index in [4.69, 9.17) is 27.9 Å². The molecule has 0 saturated heterocycles. The Hall–Kier alpha value is -1.23. The number of anilines is 1. The van der Waals surface area contributed by atoms with Crippen LogP contribution in [0.5, 0.6) is 0 Å². The van der Waals surface area contributed by atoms with E-state index < -0.39 is 6.09 Å². The molecule has 0 unspecified atom stereocenters. The Morgan fingerprint density at radius 2 is 1.75 bits per heavy atom. The van der Waals surface area contributed by atoms with Crippen molar-refractivity contribution in [2.24, 2.45) is 0 Å². The molecule has 0 bridgehead atoms. The van der Waals surface area contributed by atoms with Crippen molar-refractivity contribution in [1.82, 2.24) is 0 Å². The van der Waals surface area contributed by atoms with Gasteiger partial charge in [0, 0.05) is 4.47 Å². The zero-order valence-electron chi connectivity index (χ0n) is 10.2. The number of nitrogens with one attached hydrogen (secondary N) is 1. The maximum Gasteiger partial charge on any atom is 0.412 e. The van der Waals surface area contributed by atoms with Gasteiger partial charge in [0.2, 0.25) is 0 Å². The molecule has 2 aromatic rings. The highest BCUT2D eigenvalue weighted by atomic mass is 79.9. The molecule has 104 valence electrons. The standard InChI is InChI=1S/C14H10BrCl2NO2/c15-10-6-11(16)13(12(17)7-10)18-14(19)20-8-9-4-2-1-3-5-9/h1-7H,8H2,(H,18,19). The molecule has 0 aliphatic carbocycles. The highest BCUT2D eigenvalue weighted by molar-refractivity contribution is 9.10. The van der Waals surface area contributed by atoms with E-state index in [9.17, 15) is 4.79 Å². The minimum atomic E-state index is -0.611. The van der Waals surface area contributed by atoms with Crippen molar-refractivity contribution >= 4 is 50.9 Å². The highest BCUT2D eigenvalue weighted by Crippen LogP contribution is 2.33. The zero-order valence-corrected chi connectivity index (χ0v) is 13.3. The van der Waals surface area contributed by atoms with Gasteiger partial charge in [-0.3, -0.25) is 5.32 Å². The molecule has 2 rings (SSSR count). The normalized spacial score (nSPS) is 10.2. The summed E-state index contributed by atoms with van der Waals surface area (Å²) in [6.07, 6.45) is -0.611. The number of halogens is 3. The lowest BCUT2D eigenvalue weighted by atomic mass is 10.2. The van der Waals surface area contributed by atoms with Gasteiger partial charge in [-0.2, -0.15) is 0 Å². The molecule has 0 saturated carbocycles. The van der Waals surface area contributed by atoms with E-state index in [-0.39, 0.29) is 6.61 Å². The first-order valence-electron chi connectivity index (χ1n) is 5.68. The minimum Gasteiger partial charge on any atom is -0.444 e. The van der Waals surface area contributed by atoms with E-state index in [1.165, 1.54) is 0 Å². The van der Waals surface area contributed by atoms with Gasteiger partial charge in [-0.15, -0.1) is 0 Å². The molecule has 0 spiro atoms. The van der Waals surface area contributed by atoms with Crippen molar-refractivity contribution < 1.29 is 9.53 Å². The topological polar surface area (TPSA) is 38.3 Å². The predicted molar refractivity (Wildman–Crippen MR) is 84.4 cm³/mol. The van der Waals surface area contributed by atoms with E-state index in [0.29, 0.717) is 15.7 Å². The smallest absolute Gasteiger partial charge is 0.412 e. The Morgan fingerprint density at radius 3 is 2.35 bits per heavy atom. The Balaban J connectivity index is 1.98. The van der Waals surface area contributed by atoms with Gasteiger partial charge in [-0.1, -0.05) is 69.5 Å². The molecule has 1 N–H and O–H groups in total. The molecule has 3 nitrogen and oxygen atoms in total. The number of hydrogen-bond donors (Lipinski definition) is 1. The molecule has 6 heteroatoms. The molecule has 0 radical (unpaired) electrons. The lowest BCUT2D eigenvalue weighted by molar-refractivity contribution is 0.155. The van der Waals surface area contributed by atoms with Crippen molar-refractivity contribution in [2.75, 3.05) is 5.32 Å². The molecular formula is C14H10BrCl2NO2. The van der Waals surface area contributed by atoms with Crippen LogP contribution in [0.15, 0.2) is 46.9 Å². The van der Waals surface area contributed by atoms with Crippen LogP contribution in [0, 0.1) is 0 Å². The van der Waals surface area contributed by atoms with Crippen LogP contribution < -0.4 is 5.32 Å². The van der Waals surface area contributed by atoms with Crippen LogP contribution in [-0.2, 0) is 11.3 Å². The van der Waals surface area contributed by atoms with Gasteiger partial charge in [0.1, 0.15) is 6.61 Å². The monoisotopic (exact) mass is 373 g/mol. The molecule has 0 heterocycles. The Labute approximate surface area is 135 Å². The highest BCUT2D eigenvalue weighted by Gasteiger charge is 2.12. The Kier molecular flexibility index (Phi) is 5.29. The van der Waals surface area contributed by atoms with Crippen molar-refractivity contribution in [1.29, 1.82) is 0 Å². The molecule has 20 heavy (non-hydrogen) atoms. The summed E-state index contributed by atoms with van der Waals surface area (Å²) in [5.41, 5.74) is 1.23. The number of carbonyl (C=O) groups excluding carboxylic acids is 1. The lowest BCUT2D eigenvalue weighted by Crippen LogP contribution is -2.14. The summed E-state index contributed by atoms with van der Waals surface area (Å²) in [6.45, 7) is 0.179. The van der Waals surface area contributed by atoms with Crippen LogP contribution in [0.1, 0.15) is 5.56 Å². The molecule has 0 aliphatic heterocycles. The first kappa shape index (κ1) is 15.2. The third-order valence-corrected chi connectivity index (χ3v) is 3.50. The summed E-state index contributed by atoms with van der Waals surface area (Å²) in [5.74, 6) is 0. The van der Waals surface area contributed by atoms with Crippen molar-refractivity contribution in [3.05, 3.63) is 62.5 Å². The summed E-state index contributed by atoms with van der Waals surface area (Å²) in [6, 6.07) is 12.7. The van der Waals surface area contributed by atoms with Gasteiger partial charge >= 0.3 is 6.09 Å².